The second kappa shape index (κ2) is 10.1. The standard InChI is InChI=1S/C25H35ClN2O4/c1-16-17(2)25(30)32-24-19(16)13-21(26)23(29)20(24)15-27(11-12-31-3)14-18-7-6-10-28-9-5-4-8-22(18)28/h13,18,22,29H,4-12,14-15H2,1-3H3/t18-,22+/m0/s1. The van der Waals surface area contributed by atoms with E-state index >= 15 is 0 Å². The van der Waals surface area contributed by atoms with Crippen LogP contribution in [-0.4, -0.2) is 60.8 Å². The molecule has 0 radical (unpaired) electrons. The van der Waals surface area contributed by atoms with Crippen LogP contribution < -0.4 is 5.63 Å². The minimum Gasteiger partial charge on any atom is -0.506 e. The fourth-order valence-electron chi connectivity index (χ4n) is 5.54. The van der Waals surface area contributed by atoms with E-state index in [-0.39, 0.29) is 16.4 Å². The second-order valence-corrected chi connectivity index (χ2v) is 9.84. The van der Waals surface area contributed by atoms with E-state index in [4.69, 9.17) is 20.8 Å². The number of ether oxygens (including phenoxy) is 1. The first-order chi connectivity index (χ1) is 15.4. The summed E-state index contributed by atoms with van der Waals surface area (Å²) >= 11 is 6.41. The number of aromatic hydroxyl groups is 1. The van der Waals surface area contributed by atoms with Crippen molar-refractivity contribution in [3.63, 3.8) is 0 Å². The van der Waals surface area contributed by atoms with Crippen LogP contribution in [0.3, 0.4) is 0 Å². The highest BCUT2D eigenvalue weighted by Crippen LogP contribution is 2.37. The van der Waals surface area contributed by atoms with Crippen molar-refractivity contribution in [3.8, 4) is 5.75 Å². The Kier molecular flexibility index (Phi) is 7.45. The molecule has 1 aromatic heterocycles. The van der Waals surface area contributed by atoms with Gasteiger partial charge in [-0.1, -0.05) is 18.0 Å². The van der Waals surface area contributed by atoms with Gasteiger partial charge in [0.1, 0.15) is 11.3 Å². The fraction of sp³-hybridized carbons (Fsp3) is 0.640. The highest BCUT2D eigenvalue weighted by Gasteiger charge is 2.34. The van der Waals surface area contributed by atoms with Gasteiger partial charge in [0, 0.05) is 43.7 Å². The molecule has 0 unspecified atom stereocenters. The molecular formula is C25H35ClN2O4. The number of hydrogen-bond donors (Lipinski definition) is 1. The van der Waals surface area contributed by atoms with E-state index in [0.29, 0.717) is 41.8 Å². The van der Waals surface area contributed by atoms with Gasteiger partial charge in [-0.2, -0.15) is 0 Å². The van der Waals surface area contributed by atoms with E-state index in [1.54, 1.807) is 20.1 Å². The first kappa shape index (κ1) is 23.6. The van der Waals surface area contributed by atoms with Crippen LogP contribution in [0.15, 0.2) is 15.3 Å². The van der Waals surface area contributed by atoms with Crippen LogP contribution in [0.4, 0.5) is 0 Å². The molecule has 0 bridgehead atoms. The number of hydrogen-bond acceptors (Lipinski definition) is 6. The normalized spacial score (nSPS) is 21.9. The van der Waals surface area contributed by atoms with Gasteiger partial charge in [0.25, 0.3) is 0 Å². The molecule has 176 valence electrons. The maximum Gasteiger partial charge on any atom is 0.339 e. The lowest BCUT2D eigenvalue weighted by Gasteiger charge is -2.45. The van der Waals surface area contributed by atoms with Gasteiger partial charge >= 0.3 is 5.63 Å². The van der Waals surface area contributed by atoms with E-state index in [0.717, 1.165) is 24.0 Å². The summed E-state index contributed by atoms with van der Waals surface area (Å²) in [4.78, 5) is 17.4. The van der Waals surface area contributed by atoms with Crippen LogP contribution in [0.25, 0.3) is 11.0 Å². The zero-order valence-electron chi connectivity index (χ0n) is 19.5. The molecule has 2 aromatic rings. The number of methoxy groups -OCH3 is 1. The van der Waals surface area contributed by atoms with Crippen LogP contribution in [0.2, 0.25) is 5.02 Å². The van der Waals surface area contributed by atoms with Gasteiger partial charge in [0.05, 0.1) is 17.2 Å². The minimum absolute atomic E-state index is 0.00377. The van der Waals surface area contributed by atoms with Crippen LogP contribution in [-0.2, 0) is 11.3 Å². The molecule has 0 amide bonds. The Hall–Kier alpha value is -1.60. The zero-order valence-corrected chi connectivity index (χ0v) is 20.2. The Balaban J connectivity index is 1.67. The van der Waals surface area contributed by atoms with Crippen molar-refractivity contribution in [2.24, 2.45) is 5.92 Å². The number of rotatable bonds is 7. The fourth-order valence-corrected chi connectivity index (χ4v) is 5.76. The van der Waals surface area contributed by atoms with E-state index < -0.39 is 0 Å². The monoisotopic (exact) mass is 462 g/mol. The third-order valence-electron chi connectivity index (χ3n) is 7.48. The third-order valence-corrected chi connectivity index (χ3v) is 7.77. The summed E-state index contributed by atoms with van der Waals surface area (Å²) in [7, 11) is 1.71. The summed E-state index contributed by atoms with van der Waals surface area (Å²) in [6.07, 6.45) is 6.33. The first-order valence-electron chi connectivity index (χ1n) is 11.8. The highest BCUT2D eigenvalue weighted by molar-refractivity contribution is 6.33. The molecule has 6 nitrogen and oxygen atoms in total. The average Bonchev–Trinajstić information content (AvgIpc) is 2.80. The molecule has 32 heavy (non-hydrogen) atoms. The predicted molar refractivity (Wildman–Crippen MR) is 128 cm³/mol. The number of aryl methyl sites for hydroxylation is 1. The smallest absolute Gasteiger partial charge is 0.339 e. The molecule has 4 rings (SSSR count). The molecule has 3 heterocycles. The Bertz CT molecular complexity index is 1020. The molecule has 0 spiro atoms. The van der Waals surface area contributed by atoms with Crippen molar-refractivity contribution < 1.29 is 14.3 Å². The van der Waals surface area contributed by atoms with Crippen molar-refractivity contribution in [1.29, 1.82) is 0 Å². The van der Waals surface area contributed by atoms with Crippen molar-refractivity contribution >= 4 is 22.6 Å². The molecular weight excluding hydrogens is 428 g/mol. The molecule has 2 atom stereocenters. The number of fused-ring (bicyclic) bond motifs is 2. The topological polar surface area (TPSA) is 66.2 Å². The van der Waals surface area contributed by atoms with Crippen molar-refractivity contribution in [3.05, 3.63) is 38.2 Å². The second-order valence-electron chi connectivity index (χ2n) is 9.43. The van der Waals surface area contributed by atoms with Crippen LogP contribution >= 0.6 is 11.6 Å². The summed E-state index contributed by atoms with van der Waals surface area (Å²) < 4.78 is 11.1. The lowest BCUT2D eigenvalue weighted by Crippen LogP contribution is -2.51. The van der Waals surface area contributed by atoms with Crippen LogP contribution in [0.5, 0.6) is 5.75 Å². The van der Waals surface area contributed by atoms with Gasteiger partial charge in [-0.15, -0.1) is 0 Å². The van der Waals surface area contributed by atoms with E-state index in [1.165, 1.54) is 45.2 Å². The van der Waals surface area contributed by atoms with Gasteiger partial charge in [0.15, 0.2) is 0 Å². The zero-order chi connectivity index (χ0) is 22.8. The average molecular weight is 463 g/mol. The SMILES string of the molecule is COCCN(Cc1c(O)c(Cl)cc2c(C)c(C)c(=O)oc12)C[C@@H]1CCCN2CCCC[C@H]12. The first-order valence-corrected chi connectivity index (χ1v) is 12.2. The molecule has 0 aliphatic carbocycles. The molecule has 2 saturated heterocycles. The number of phenolic OH excluding ortho intramolecular Hbond substituents is 1. The van der Waals surface area contributed by atoms with Gasteiger partial charge < -0.3 is 19.2 Å². The maximum atomic E-state index is 12.4. The number of benzene rings is 1. The van der Waals surface area contributed by atoms with Crippen LogP contribution in [0.1, 0.15) is 48.8 Å². The Morgan fingerprint density at radius 1 is 1.22 bits per heavy atom. The van der Waals surface area contributed by atoms with Crippen LogP contribution in [0, 0.1) is 19.8 Å². The molecule has 2 aliphatic heterocycles. The van der Waals surface area contributed by atoms with Gasteiger partial charge in [-0.05, 0) is 70.2 Å². The number of piperidine rings is 2. The lowest BCUT2D eigenvalue weighted by atomic mass is 9.83. The predicted octanol–water partition coefficient (Wildman–Crippen LogP) is 4.48. The maximum absolute atomic E-state index is 12.4. The summed E-state index contributed by atoms with van der Waals surface area (Å²) in [6.45, 7) is 8.79. The number of halogens is 1. The molecule has 7 heteroatoms. The molecule has 1 N–H and O–H groups in total. The Labute approximate surface area is 195 Å². The summed E-state index contributed by atoms with van der Waals surface area (Å²) in [5, 5.41) is 11.9. The lowest BCUT2D eigenvalue weighted by molar-refractivity contribution is 0.0335. The van der Waals surface area contributed by atoms with Gasteiger partial charge in [0.2, 0.25) is 0 Å². The van der Waals surface area contributed by atoms with Gasteiger partial charge in [-0.25, -0.2) is 4.79 Å². The number of nitrogens with zero attached hydrogens (tertiary/aromatic N) is 2. The van der Waals surface area contributed by atoms with E-state index in [1.807, 2.05) is 6.92 Å². The number of phenols is 1. The summed E-state index contributed by atoms with van der Waals surface area (Å²) in [6, 6.07) is 2.33. The largest absolute Gasteiger partial charge is 0.506 e. The molecule has 1 aromatic carbocycles. The third kappa shape index (κ3) is 4.69. The Morgan fingerprint density at radius 3 is 2.78 bits per heavy atom. The van der Waals surface area contributed by atoms with E-state index in [2.05, 4.69) is 9.80 Å². The molecule has 0 saturated carbocycles. The molecule has 2 fully saturated rings. The quantitative estimate of drug-likeness (QED) is 0.612. The molecule has 2 aliphatic rings. The van der Waals surface area contributed by atoms with E-state index in [9.17, 15) is 9.90 Å². The minimum atomic E-state index is -0.369. The Morgan fingerprint density at radius 2 is 2.00 bits per heavy atom. The summed E-state index contributed by atoms with van der Waals surface area (Å²) in [5.41, 5.74) is 2.06. The summed E-state index contributed by atoms with van der Waals surface area (Å²) in [5.74, 6) is 0.584. The van der Waals surface area contributed by atoms with Gasteiger partial charge in [-0.3, -0.25) is 4.90 Å². The van der Waals surface area contributed by atoms with Crippen molar-refractivity contribution in [2.75, 3.05) is 39.9 Å². The van der Waals surface area contributed by atoms with Crippen molar-refractivity contribution in [2.45, 2.75) is 58.5 Å². The highest BCUT2D eigenvalue weighted by atomic mass is 35.5. The van der Waals surface area contributed by atoms with Crippen molar-refractivity contribution in [1.82, 2.24) is 9.80 Å².